The molecule has 0 radical (unpaired) electrons. The predicted octanol–water partition coefficient (Wildman–Crippen LogP) is 4.32. The van der Waals surface area contributed by atoms with Gasteiger partial charge in [-0.1, -0.05) is 25.6 Å². The highest BCUT2D eigenvalue weighted by Gasteiger charge is 1.96. The van der Waals surface area contributed by atoms with Crippen LogP contribution in [0.3, 0.4) is 0 Å². The third-order valence-electron chi connectivity index (χ3n) is 3.05. The summed E-state index contributed by atoms with van der Waals surface area (Å²) in [6, 6.07) is 8.59. The molecule has 0 aliphatic carbocycles. The topological polar surface area (TPSA) is 24.9 Å². The fraction of sp³-hybridized carbons (Fsp3) is 0.353. The molecule has 1 aromatic heterocycles. The van der Waals surface area contributed by atoms with E-state index in [2.05, 4.69) is 41.1 Å². The fourth-order valence-corrected chi connectivity index (χ4v) is 2.01. The third-order valence-corrected chi connectivity index (χ3v) is 3.05. The van der Waals surface area contributed by atoms with Crippen molar-refractivity contribution >= 4 is 10.8 Å². The molecule has 0 aliphatic heterocycles. The minimum Gasteiger partial charge on any atom is -0.313 e. The van der Waals surface area contributed by atoms with Gasteiger partial charge in [0, 0.05) is 24.3 Å². The molecule has 0 fully saturated rings. The van der Waals surface area contributed by atoms with Crippen LogP contribution in [-0.4, -0.2) is 11.5 Å². The average Bonchev–Trinajstić information content (AvgIpc) is 2.42. The fourth-order valence-electron chi connectivity index (χ4n) is 2.01. The molecule has 0 bridgehead atoms. The molecule has 1 aromatic carbocycles. The van der Waals surface area contributed by atoms with Gasteiger partial charge in [-0.2, -0.15) is 0 Å². The first-order valence-electron chi connectivity index (χ1n) is 6.54. The van der Waals surface area contributed by atoms with Crippen LogP contribution < -0.4 is 5.32 Å². The van der Waals surface area contributed by atoms with Gasteiger partial charge >= 0.3 is 0 Å². The number of allylic oxidation sites excluding steroid dienone is 1. The van der Waals surface area contributed by atoms with Gasteiger partial charge in [0.25, 0.3) is 0 Å². The summed E-state index contributed by atoms with van der Waals surface area (Å²) in [5.74, 6) is 0. The van der Waals surface area contributed by atoms with Crippen LogP contribution in [0.2, 0.25) is 0 Å². The Labute approximate surface area is 116 Å². The van der Waals surface area contributed by atoms with Crippen LogP contribution in [-0.2, 0) is 6.54 Å². The van der Waals surface area contributed by atoms with E-state index in [4.69, 9.17) is 0 Å². The number of pyridine rings is 1. The first-order valence-corrected chi connectivity index (χ1v) is 6.54. The molecule has 2 nitrogen and oxygen atoms in total. The Morgan fingerprint density at radius 3 is 2.89 bits per heavy atom. The largest absolute Gasteiger partial charge is 0.313 e. The zero-order valence-corrected chi connectivity index (χ0v) is 10.7. The molecular weight excluding hydrogens is 232 g/mol. The van der Waals surface area contributed by atoms with Crippen molar-refractivity contribution in [2.24, 2.45) is 0 Å². The quantitative estimate of drug-likeness (QED) is 0.589. The van der Waals surface area contributed by atoms with Crippen molar-refractivity contribution < 1.29 is 0 Å². The van der Waals surface area contributed by atoms with Gasteiger partial charge in [-0.05, 0) is 48.9 Å². The molecule has 2 heteroatoms. The molecule has 0 spiro atoms. The summed E-state index contributed by atoms with van der Waals surface area (Å²) >= 11 is 0. The summed E-state index contributed by atoms with van der Waals surface area (Å²) in [4.78, 5) is 4.12. The number of hydrogen-bond donors (Lipinski definition) is 1. The van der Waals surface area contributed by atoms with Crippen LogP contribution in [0.25, 0.3) is 10.8 Å². The zero-order chi connectivity index (χ0) is 12.6. The standard InChI is InChI=1S/C16H20N2.CH4/c1-2-3-4-5-9-17-12-14-6-7-16-13-18-10-8-15(16)11-14;/h2,6-8,10-11,13,17H,1,3-5,9,12H2;1H4. The molecule has 0 unspecified atom stereocenters. The van der Waals surface area contributed by atoms with Crippen LogP contribution >= 0.6 is 0 Å². The summed E-state index contributed by atoms with van der Waals surface area (Å²) in [5, 5.41) is 5.94. The highest BCUT2D eigenvalue weighted by atomic mass is 14.8. The average molecular weight is 256 g/mol. The summed E-state index contributed by atoms with van der Waals surface area (Å²) in [5.41, 5.74) is 1.33. The smallest absolute Gasteiger partial charge is 0.0346 e. The Bertz CT molecular complexity index is 505. The van der Waals surface area contributed by atoms with Crippen LogP contribution in [0.5, 0.6) is 0 Å². The lowest BCUT2D eigenvalue weighted by molar-refractivity contribution is 0.627. The molecule has 0 amide bonds. The van der Waals surface area contributed by atoms with Crippen molar-refractivity contribution in [2.75, 3.05) is 6.54 Å². The molecule has 2 rings (SSSR count). The Morgan fingerprint density at radius 2 is 2.05 bits per heavy atom. The van der Waals surface area contributed by atoms with Crippen molar-refractivity contribution in [2.45, 2.75) is 33.2 Å². The first-order chi connectivity index (χ1) is 8.90. The van der Waals surface area contributed by atoms with Crippen molar-refractivity contribution in [3.05, 3.63) is 54.9 Å². The number of nitrogens with one attached hydrogen (secondary N) is 1. The molecule has 0 saturated heterocycles. The van der Waals surface area contributed by atoms with E-state index in [1.807, 2.05) is 18.5 Å². The number of hydrogen-bond acceptors (Lipinski definition) is 2. The number of fused-ring (bicyclic) bond motifs is 1. The summed E-state index contributed by atoms with van der Waals surface area (Å²) < 4.78 is 0. The maximum atomic E-state index is 4.12. The lowest BCUT2D eigenvalue weighted by Crippen LogP contribution is -2.14. The van der Waals surface area contributed by atoms with Gasteiger partial charge in [-0.3, -0.25) is 4.98 Å². The Balaban J connectivity index is 0.00000180. The van der Waals surface area contributed by atoms with E-state index in [1.54, 1.807) is 0 Å². The highest BCUT2D eigenvalue weighted by Crippen LogP contribution is 2.14. The third kappa shape index (κ3) is 4.84. The van der Waals surface area contributed by atoms with E-state index >= 15 is 0 Å². The second-order valence-corrected chi connectivity index (χ2v) is 4.52. The summed E-state index contributed by atoms with van der Waals surface area (Å²) in [6.45, 7) is 5.74. The van der Waals surface area contributed by atoms with Crippen LogP contribution in [0, 0.1) is 0 Å². The monoisotopic (exact) mass is 256 g/mol. The van der Waals surface area contributed by atoms with Crippen molar-refractivity contribution in [3.8, 4) is 0 Å². The van der Waals surface area contributed by atoms with Gasteiger partial charge in [-0.15, -0.1) is 6.58 Å². The second kappa shape index (κ2) is 8.44. The predicted molar refractivity (Wildman–Crippen MR) is 84.2 cm³/mol. The number of rotatable bonds is 7. The van der Waals surface area contributed by atoms with E-state index < -0.39 is 0 Å². The molecule has 2 aromatic rings. The second-order valence-electron chi connectivity index (χ2n) is 4.52. The molecule has 102 valence electrons. The molecule has 0 atom stereocenters. The minimum atomic E-state index is 0. The highest BCUT2D eigenvalue weighted by molar-refractivity contribution is 5.81. The maximum absolute atomic E-state index is 4.12. The first kappa shape index (κ1) is 15.4. The van der Waals surface area contributed by atoms with Crippen molar-refractivity contribution in [3.63, 3.8) is 0 Å². The van der Waals surface area contributed by atoms with E-state index in [1.165, 1.54) is 29.2 Å². The Kier molecular flexibility index (Phi) is 6.83. The van der Waals surface area contributed by atoms with Crippen LogP contribution in [0.4, 0.5) is 0 Å². The van der Waals surface area contributed by atoms with Gasteiger partial charge < -0.3 is 5.32 Å². The summed E-state index contributed by atoms with van der Waals surface area (Å²) in [7, 11) is 0. The lowest BCUT2D eigenvalue weighted by atomic mass is 10.1. The SMILES string of the molecule is C.C=CCCCCNCc1ccc2cnccc2c1. The molecule has 1 heterocycles. The van der Waals surface area contributed by atoms with Gasteiger partial charge in [-0.25, -0.2) is 0 Å². The minimum absolute atomic E-state index is 0. The molecular formula is C17H24N2. The van der Waals surface area contributed by atoms with Gasteiger partial charge in [0.15, 0.2) is 0 Å². The van der Waals surface area contributed by atoms with E-state index in [-0.39, 0.29) is 7.43 Å². The number of unbranched alkanes of at least 4 members (excludes halogenated alkanes) is 2. The van der Waals surface area contributed by atoms with E-state index in [9.17, 15) is 0 Å². The Morgan fingerprint density at radius 1 is 1.16 bits per heavy atom. The normalized spacial score (nSPS) is 10.1. The zero-order valence-electron chi connectivity index (χ0n) is 10.7. The van der Waals surface area contributed by atoms with Gasteiger partial charge in [0.2, 0.25) is 0 Å². The summed E-state index contributed by atoms with van der Waals surface area (Å²) in [6.07, 6.45) is 9.28. The molecule has 1 N–H and O–H groups in total. The maximum Gasteiger partial charge on any atom is 0.0346 e. The van der Waals surface area contributed by atoms with Crippen LogP contribution in [0.15, 0.2) is 49.3 Å². The van der Waals surface area contributed by atoms with Crippen LogP contribution in [0.1, 0.15) is 32.3 Å². The lowest BCUT2D eigenvalue weighted by Gasteiger charge is -2.05. The molecule has 19 heavy (non-hydrogen) atoms. The van der Waals surface area contributed by atoms with E-state index in [0.717, 1.165) is 19.5 Å². The Hall–Kier alpha value is -1.67. The number of benzene rings is 1. The van der Waals surface area contributed by atoms with E-state index in [0.29, 0.717) is 0 Å². The van der Waals surface area contributed by atoms with Gasteiger partial charge in [0.1, 0.15) is 0 Å². The van der Waals surface area contributed by atoms with Gasteiger partial charge in [0.05, 0.1) is 0 Å². The number of nitrogens with zero attached hydrogens (tertiary/aromatic N) is 1. The molecule has 0 aliphatic rings. The molecule has 0 saturated carbocycles. The van der Waals surface area contributed by atoms with Crippen molar-refractivity contribution in [1.29, 1.82) is 0 Å². The number of aromatic nitrogens is 1. The van der Waals surface area contributed by atoms with Crippen molar-refractivity contribution in [1.82, 2.24) is 10.3 Å².